The van der Waals surface area contributed by atoms with Crippen LogP contribution in [-0.4, -0.2) is 30.4 Å². The molecule has 4 rings (SSSR count). The zero-order chi connectivity index (χ0) is 22.4. The van der Waals surface area contributed by atoms with Crippen LogP contribution in [0.25, 0.3) is 6.08 Å². The van der Waals surface area contributed by atoms with Gasteiger partial charge in [-0.05, 0) is 30.7 Å². The summed E-state index contributed by atoms with van der Waals surface area (Å²) in [5.74, 6) is -1.09. The van der Waals surface area contributed by atoms with Gasteiger partial charge < -0.3 is 14.1 Å². The molecule has 0 amide bonds. The van der Waals surface area contributed by atoms with Crippen LogP contribution in [0.1, 0.15) is 44.9 Å². The summed E-state index contributed by atoms with van der Waals surface area (Å²) < 4.78 is 11.2. The minimum absolute atomic E-state index is 0.0644. The highest BCUT2D eigenvalue weighted by molar-refractivity contribution is 5.99. The third-order valence-corrected chi connectivity index (χ3v) is 6.20. The number of nitriles is 1. The summed E-state index contributed by atoms with van der Waals surface area (Å²) in [6, 6.07) is 12.0. The Kier molecular flexibility index (Phi) is 5.01. The van der Waals surface area contributed by atoms with Crippen molar-refractivity contribution in [3.63, 3.8) is 0 Å². The number of furan rings is 1. The number of Topliss-reactive ketones (excluding diaryl/α,β-unsaturated/α-hetero) is 1. The van der Waals surface area contributed by atoms with E-state index in [1.165, 1.54) is 6.26 Å². The van der Waals surface area contributed by atoms with Gasteiger partial charge in [-0.1, -0.05) is 51.1 Å². The Hall–Kier alpha value is -3.33. The number of fused-ring (bicyclic) bond motifs is 3. The van der Waals surface area contributed by atoms with E-state index in [2.05, 4.69) is 6.07 Å². The maximum absolute atomic E-state index is 13.9. The first kappa shape index (κ1) is 20.9. The molecule has 1 aromatic carbocycles. The lowest BCUT2D eigenvalue weighted by molar-refractivity contribution is -0.153. The van der Waals surface area contributed by atoms with Crippen molar-refractivity contribution in [2.24, 2.45) is 10.8 Å². The van der Waals surface area contributed by atoms with E-state index in [1.807, 2.05) is 62.1 Å². The number of anilines is 1. The number of carbonyl (C=O) groups is 2. The molecule has 6 heteroatoms. The molecule has 1 fully saturated rings. The number of para-hydroxylation sites is 1. The maximum Gasteiger partial charge on any atom is 0.329 e. The van der Waals surface area contributed by atoms with Gasteiger partial charge in [-0.25, -0.2) is 0 Å². The van der Waals surface area contributed by atoms with Gasteiger partial charge in [0.25, 0.3) is 0 Å². The van der Waals surface area contributed by atoms with Crippen LogP contribution in [0.3, 0.4) is 0 Å². The number of rotatable bonds is 4. The molecule has 4 atom stereocenters. The first-order valence-corrected chi connectivity index (χ1v) is 10.5. The van der Waals surface area contributed by atoms with Crippen LogP contribution in [0, 0.1) is 22.2 Å². The average Bonchev–Trinajstić information content (AvgIpc) is 3.37. The molecule has 3 heterocycles. The van der Waals surface area contributed by atoms with Crippen LogP contribution in [-0.2, 0) is 14.3 Å². The van der Waals surface area contributed by atoms with E-state index in [0.29, 0.717) is 5.76 Å². The number of ketones is 1. The quantitative estimate of drug-likeness (QED) is 0.687. The Morgan fingerprint density at radius 2 is 1.97 bits per heavy atom. The number of hydrogen-bond donors (Lipinski definition) is 0. The topological polar surface area (TPSA) is 83.5 Å². The molecule has 0 spiro atoms. The fraction of sp³-hybridized carbons (Fsp3) is 0.400. The van der Waals surface area contributed by atoms with Gasteiger partial charge in [0.2, 0.25) is 0 Å². The second kappa shape index (κ2) is 7.42. The van der Waals surface area contributed by atoms with Gasteiger partial charge in [-0.3, -0.25) is 9.59 Å². The molecule has 6 nitrogen and oxygen atoms in total. The molecule has 2 aromatic rings. The van der Waals surface area contributed by atoms with Crippen LogP contribution >= 0.6 is 0 Å². The predicted molar refractivity (Wildman–Crippen MR) is 116 cm³/mol. The molecule has 0 radical (unpaired) electrons. The molecule has 0 bridgehead atoms. The standard InChI is InChI=1S/C25H26N2O4/c1-5-30-23(29)25(15-26)19-13-12-16-9-6-7-10-17(16)27(19)21(22(28)24(2,3)4)20(25)18-11-8-14-31-18/h6-14,19-21H,5H2,1-4H3. The number of benzene rings is 1. The first-order valence-electron chi connectivity index (χ1n) is 10.5. The molecular formula is C25H26N2O4. The second-order valence-electron chi connectivity index (χ2n) is 9.02. The van der Waals surface area contributed by atoms with Crippen LogP contribution in [0.2, 0.25) is 0 Å². The fourth-order valence-electron chi connectivity index (χ4n) is 4.84. The summed E-state index contributed by atoms with van der Waals surface area (Å²) in [5.41, 5.74) is -0.586. The molecule has 160 valence electrons. The molecule has 1 aromatic heterocycles. The Labute approximate surface area is 182 Å². The minimum atomic E-state index is -1.64. The Morgan fingerprint density at radius 3 is 2.58 bits per heavy atom. The van der Waals surface area contributed by atoms with Gasteiger partial charge in [0, 0.05) is 11.1 Å². The van der Waals surface area contributed by atoms with Crippen LogP contribution < -0.4 is 4.90 Å². The molecule has 2 aliphatic heterocycles. The van der Waals surface area contributed by atoms with Crippen molar-refractivity contribution >= 4 is 23.5 Å². The van der Waals surface area contributed by atoms with Gasteiger partial charge in [-0.2, -0.15) is 5.26 Å². The third kappa shape index (κ3) is 2.99. The Balaban J connectivity index is 2.04. The van der Waals surface area contributed by atoms with E-state index in [-0.39, 0.29) is 12.4 Å². The normalized spacial score (nSPS) is 26.7. The molecule has 31 heavy (non-hydrogen) atoms. The SMILES string of the molecule is CCOC(=O)C1(C#N)C(c2ccco2)C(C(=O)C(C)(C)C)N2c3ccccc3C=CC21. The highest BCUT2D eigenvalue weighted by Gasteiger charge is 2.68. The van der Waals surface area contributed by atoms with Crippen molar-refractivity contribution in [3.05, 3.63) is 60.1 Å². The summed E-state index contributed by atoms with van der Waals surface area (Å²) >= 11 is 0. The van der Waals surface area contributed by atoms with E-state index in [0.717, 1.165) is 11.3 Å². The number of ether oxygens (including phenoxy) is 1. The van der Waals surface area contributed by atoms with Crippen molar-refractivity contribution in [2.75, 3.05) is 11.5 Å². The van der Waals surface area contributed by atoms with Crippen LogP contribution in [0.4, 0.5) is 5.69 Å². The van der Waals surface area contributed by atoms with E-state index < -0.39 is 34.8 Å². The smallest absolute Gasteiger partial charge is 0.329 e. The lowest BCUT2D eigenvalue weighted by Crippen LogP contribution is -2.48. The van der Waals surface area contributed by atoms with Crippen LogP contribution in [0.5, 0.6) is 0 Å². The largest absolute Gasteiger partial charge is 0.469 e. The highest BCUT2D eigenvalue weighted by Crippen LogP contribution is 2.57. The molecule has 0 N–H and O–H groups in total. The number of hydrogen-bond acceptors (Lipinski definition) is 6. The lowest BCUT2D eigenvalue weighted by atomic mass is 9.68. The molecule has 0 saturated carbocycles. The number of nitrogens with zero attached hydrogens (tertiary/aromatic N) is 2. The minimum Gasteiger partial charge on any atom is -0.469 e. The van der Waals surface area contributed by atoms with Gasteiger partial charge >= 0.3 is 5.97 Å². The summed E-state index contributed by atoms with van der Waals surface area (Å²) in [5, 5.41) is 10.5. The number of esters is 1. The maximum atomic E-state index is 13.9. The lowest BCUT2D eigenvalue weighted by Gasteiger charge is -2.37. The van der Waals surface area contributed by atoms with E-state index in [4.69, 9.17) is 9.15 Å². The van der Waals surface area contributed by atoms with Gasteiger partial charge in [0.1, 0.15) is 11.8 Å². The first-order chi connectivity index (χ1) is 14.8. The monoisotopic (exact) mass is 418 g/mol. The van der Waals surface area contributed by atoms with Crippen molar-refractivity contribution < 1.29 is 18.7 Å². The average molecular weight is 418 g/mol. The Morgan fingerprint density at radius 1 is 1.23 bits per heavy atom. The van der Waals surface area contributed by atoms with E-state index in [9.17, 15) is 14.9 Å². The summed E-state index contributed by atoms with van der Waals surface area (Å²) in [4.78, 5) is 29.2. The van der Waals surface area contributed by atoms with Gasteiger partial charge in [0.05, 0.1) is 30.9 Å². The second-order valence-corrected chi connectivity index (χ2v) is 9.02. The highest BCUT2D eigenvalue weighted by atomic mass is 16.5. The van der Waals surface area contributed by atoms with Crippen molar-refractivity contribution in [2.45, 2.75) is 45.7 Å². The van der Waals surface area contributed by atoms with Crippen molar-refractivity contribution in [1.29, 1.82) is 5.26 Å². The fourth-order valence-corrected chi connectivity index (χ4v) is 4.84. The summed E-state index contributed by atoms with van der Waals surface area (Å²) in [6.45, 7) is 7.41. The third-order valence-electron chi connectivity index (χ3n) is 6.20. The number of carbonyl (C=O) groups excluding carboxylic acids is 2. The predicted octanol–water partition coefficient (Wildman–Crippen LogP) is 4.34. The molecular weight excluding hydrogens is 392 g/mol. The van der Waals surface area contributed by atoms with Crippen LogP contribution in [0.15, 0.2) is 53.2 Å². The molecule has 2 aliphatic rings. The van der Waals surface area contributed by atoms with Gasteiger partial charge in [-0.15, -0.1) is 0 Å². The summed E-state index contributed by atoms with van der Waals surface area (Å²) in [6.07, 6.45) is 5.25. The summed E-state index contributed by atoms with van der Waals surface area (Å²) in [7, 11) is 0. The van der Waals surface area contributed by atoms with Crippen molar-refractivity contribution in [3.8, 4) is 6.07 Å². The zero-order valence-corrected chi connectivity index (χ0v) is 18.2. The van der Waals surface area contributed by atoms with E-state index in [1.54, 1.807) is 19.1 Å². The zero-order valence-electron chi connectivity index (χ0n) is 18.2. The molecule has 1 saturated heterocycles. The van der Waals surface area contributed by atoms with Crippen molar-refractivity contribution in [1.82, 2.24) is 0 Å². The Bertz CT molecular complexity index is 1070. The molecule has 0 aliphatic carbocycles. The van der Waals surface area contributed by atoms with Gasteiger partial charge in [0.15, 0.2) is 11.2 Å². The van der Waals surface area contributed by atoms with E-state index >= 15 is 0 Å². The molecule has 4 unspecified atom stereocenters.